The molecule has 0 aliphatic heterocycles. The number of rotatable bonds is 5. The third kappa shape index (κ3) is 3.65. The lowest BCUT2D eigenvalue weighted by Gasteiger charge is -2.20. The Morgan fingerprint density at radius 1 is 1.30 bits per heavy atom. The Morgan fingerprint density at radius 3 is 2.87 bits per heavy atom. The Hall–Kier alpha value is -2.05. The van der Waals surface area contributed by atoms with Crippen LogP contribution >= 0.6 is 22.7 Å². The van der Waals surface area contributed by atoms with Crippen LogP contribution in [0.3, 0.4) is 0 Å². The minimum absolute atomic E-state index is 0.130. The molecule has 0 unspecified atom stereocenters. The van der Waals surface area contributed by atoms with Crippen molar-refractivity contribution in [1.82, 2.24) is 9.88 Å². The van der Waals surface area contributed by atoms with Gasteiger partial charge in [-0.3, -0.25) is 4.79 Å². The first-order valence-electron chi connectivity index (χ1n) is 7.19. The van der Waals surface area contributed by atoms with E-state index in [-0.39, 0.29) is 11.7 Å². The molecule has 2 heterocycles. The monoisotopic (exact) mass is 346 g/mol. The van der Waals surface area contributed by atoms with Gasteiger partial charge < -0.3 is 4.90 Å². The van der Waals surface area contributed by atoms with Crippen LogP contribution in [0, 0.1) is 5.82 Å². The van der Waals surface area contributed by atoms with Crippen LogP contribution in [0.1, 0.15) is 23.0 Å². The highest BCUT2D eigenvalue weighted by Crippen LogP contribution is 2.26. The van der Waals surface area contributed by atoms with Crippen LogP contribution in [0.25, 0.3) is 10.6 Å². The Bertz CT molecular complexity index is 799. The Morgan fingerprint density at radius 2 is 2.17 bits per heavy atom. The molecule has 2 aromatic heterocycles. The molecule has 0 spiro atoms. The fourth-order valence-electron chi connectivity index (χ4n) is 2.24. The first kappa shape index (κ1) is 15.8. The molecule has 0 saturated carbocycles. The predicted molar refractivity (Wildman–Crippen MR) is 92.2 cm³/mol. The van der Waals surface area contributed by atoms with Gasteiger partial charge in [0.15, 0.2) is 0 Å². The van der Waals surface area contributed by atoms with Gasteiger partial charge >= 0.3 is 0 Å². The summed E-state index contributed by atoms with van der Waals surface area (Å²) in [6.07, 6.45) is 0. The molecule has 0 aliphatic carbocycles. The summed E-state index contributed by atoms with van der Waals surface area (Å²) < 4.78 is 13.3. The quantitative estimate of drug-likeness (QED) is 0.672. The van der Waals surface area contributed by atoms with Crippen LogP contribution in [-0.2, 0) is 6.54 Å². The first-order chi connectivity index (χ1) is 11.2. The van der Waals surface area contributed by atoms with Gasteiger partial charge in [-0.2, -0.15) is 11.3 Å². The maximum atomic E-state index is 13.3. The Kier molecular flexibility index (Phi) is 4.83. The number of amides is 1. The molecular weight excluding hydrogens is 331 g/mol. The summed E-state index contributed by atoms with van der Waals surface area (Å²) in [5.41, 5.74) is 2.25. The highest BCUT2D eigenvalue weighted by Gasteiger charge is 2.18. The second-order valence-electron chi connectivity index (χ2n) is 5.00. The number of benzene rings is 1. The average Bonchev–Trinajstić information content (AvgIpc) is 3.22. The minimum Gasteiger partial charge on any atom is -0.333 e. The first-order valence-corrected chi connectivity index (χ1v) is 9.01. The van der Waals surface area contributed by atoms with Gasteiger partial charge in [-0.1, -0.05) is 12.1 Å². The van der Waals surface area contributed by atoms with E-state index in [2.05, 4.69) is 4.98 Å². The molecule has 0 atom stereocenters. The van der Waals surface area contributed by atoms with Gasteiger partial charge in [0, 0.05) is 29.4 Å². The molecule has 3 aromatic rings. The van der Waals surface area contributed by atoms with Gasteiger partial charge in [0.25, 0.3) is 5.91 Å². The zero-order valence-corrected chi connectivity index (χ0v) is 14.2. The second kappa shape index (κ2) is 7.02. The number of hydrogen-bond donors (Lipinski definition) is 0. The summed E-state index contributed by atoms with van der Waals surface area (Å²) in [5, 5.41) is 6.62. The van der Waals surface area contributed by atoms with Crippen molar-refractivity contribution in [2.75, 3.05) is 6.54 Å². The molecule has 3 rings (SSSR count). The van der Waals surface area contributed by atoms with Gasteiger partial charge in [0.1, 0.15) is 16.5 Å². The van der Waals surface area contributed by atoms with Gasteiger partial charge in [-0.15, -0.1) is 11.3 Å². The van der Waals surface area contributed by atoms with E-state index in [0.717, 1.165) is 16.1 Å². The predicted octanol–water partition coefficient (Wildman–Crippen LogP) is 4.67. The zero-order valence-electron chi connectivity index (χ0n) is 12.5. The molecule has 6 heteroatoms. The van der Waals surface area contributed by atoms with E-state index in [9.17, 15) is 9.18 Å². The van der Waals surface area contributed by atoms with E-state index < -0.39 is 0 Å². The maximum Gasteiger partial charge on any atom is 0.273 e. The highest BCUT2D eigenvalue weighted by molar-refractivity contribution is 7.14. The van der Waals surface area contributed by atoms with E-state index in [0.29, 0.717) is 18.8 Å². The molecule has 0 N–H and O–H groups in total. The normalized spacial score (nSPS) is 10.7. The summed E-state index contributed by atoms with van der Waals surface area (Å²) in [4.78, 5) is 18.7. The largest absolute Gasteiger partial charge is 0.333 e. The van der Waals surface area contributed by atoms with Crippen LogP contribution in [0.4, 0.5) is 4.39 Å². The van der Waals surface area contributed by atoms with Crippen molar-refractivity contribution >= 4 is 28.6 Å². The molecule has 1 amide bonds. The molecule has 118 valence electrons. The molecule has 0 aliphatic rings. The summed E-state index contributed by atoms with van der Waals surface area (Å²) >= 11 is 3.06. The number of nitrogens with zero attached hydrogens (tertiary/aromatic N) is 2. The lowest BCUT2D eigenvalue weighted by Crippen LogP contribution is -2.30. The van der Waals surface area contributed by atoms with Crippen molar-refractivity contribution in [3.05, 3.63) is 63.5 Å². The molecule has 0 radical (unpaired) electrons. The van der Waals surface area contributed by atoms with Crippen LogP contribution in [0.2, 0.25) is 0 Å². The van der Waals surface area contributed by atoms with Crippen LogP contribution < -0.4 is 0 Å². The number of carbonyl (C=O) groups excluding carboxylic acids is 1. The number of hydrogen-bond acceptors (Lipinski definition) is 4. The fourth-order valence-corrected chi connectivity index (χ4v) is 3.74. The SMILES string of the molecule is CCN(Cc1cccc(F)c1)C(=O)c1csc(-c2ccsc2)n1. The zero-order chi connectivity index (χ0) is 16.2. The van der Waals surface area contributed by atoms with Gasteiger partial charge in [0.2, 0.25) is 0 Å². The smallest absolute Gasteiger partial charge is 0.273 e. The lowest BCUT2D eigenvalue weighted by molar-refractivity contribution is 0.0747. The summed E-state index contributed by atoms with van der Waals surface area (Å²) in [7, 11) is 0. The molecule has 23 heavy (non-hydrogen) atoms. The number of carbonyl (C=O) groups is 1. The number of aromatic nitrogens is 1. The number of thiazole rings is 1. The molecule has 3 nitrogen and oxygen atoms in total. The van der Waals surface area contributed by atoms with Crippen LogP contribution in [0.5, 0.6) is 0 Å². The Labute approximate surface area is 142 Å². The standard InChI is InChI=1S/C17H15FN2OS2/c1-2-20(9-12-4-3-5-14(18)8-12)17(21)15-11-23-16(19-15)13-6-7-22-10-13/h3-8,10-11H,2,9H2,1H3. The molecule has 0 saturated heterocycles. The van der Waals surface area contributed by atoms with Crippen molar-refractivity contribution in [1.29, 1.82) is 0 Å². The van der Waals surface area contributed by atoms with E-state index in [1.807, 2.05) is 29.8 Å². The van der Waals surface area contributed by atoms with Crippen molar-refractivity contribution in [3.8, 4) is 10.6 Å². The summed E-state index contributed by atoms with van der Waals surface area (Å²) in [6.45, 7) is 2.82. The van der Waals surface area contributed by atoms with Crippen molar-refractivity contribution in [3.63, 3.8) is 0 Å². The third-order valence-electron chi connectivity index (χ3n) is 3.42. The third-order valence-corrected chi connectivity index (χ3v) is 5.00. The Balaban J connectivity index is 1.77. The van der Waals surface area contributed by atoms with Crippen molar-refractivity contribution in [2.45, 2.75) is 13.5 Å². The van der Waals surface area contributed by atoms with Gasteiger partial charge in [0.05, 0.1) is 0 Å². The summed E-state index contributed by atoms with van der Waals surface area (Å²) in [6, 6.07) is 8.31. The van der Waals surface area contributed by atoms with E-state index in [4.69, 9.17) is 0 Å². The molecule has 0 fully saturated rings. The number of halogens is 1. The van der Waals surface area contributed by atoms with Crippen molar-refractivity contribution < 1.29 is 9.18 Å². The van der Waals surface area contributed by atoms with Gasteiger partial charge in [-0.25, -0.2) is 9.37 Å². The topological polar surface area (TPSA) is 33.2 Å². The highest BCUT2D eigenvalue weighted by atomic mass is 32.1. The minimum atomic E-state index is -0.292. The molecule has 0 bridgehead atoms. The van der Waals surface area contributed by atoms with Crippen LogP contribution in [-0.4, -0.2) is 22.3 Å². The molecule has 1 aromatic carbocycles. The number of thiophene rings is 1. The van der Waals surface area contributed by atoms with Gasteiger partial charge in [-0.05, 0) is 36.1 Å². The molecular formula is C17H15FN2OS2. The summed E-state index contributed by atoms with van der Waals surface area (Å²) in [5.74, 6) is -0.422. The van der Waals surface area contributed by atoms with E-state index in [1.165, 1.54) is 23.5 Å². The van der Waals surface area contributed by atoms with Crippen LogP contribution in [0.15, 0.2) is 46.5 Å². The maximum absolute atomic E-state index is 13.3. The fraction of sp³-hybridized carbons (Fsp3) is 0.176. The van der Waals surface area contributed by atoms with Crippen molar-refractivity contribution in [2.24, 2.45) is 0 Å². The second-order valence-corrected chi connectivity index (χ2v) is 6.64. The van der Waals surface area contributed by atoms with E-state index in [1.54, 1.807) is 27.7 Å². The lowest BCUT2D eigenvalue weighted by atomic mass is 10.2. The van der Waals surface area contributed by atoms with E-state index >= 15 is 0 Å². The average molecular weight is 346 g/mol.